The zero-order valence-electron chi connectivity index (χ0n) is 10.1. The summed E-state index contributed by atoms with van der Waals surface area (Å²) in [5.41, 5.74) is 6.85. The molecule has 1 aliphatic rings. The summed E-state index contributed by atoms with van der Waals surface area (Å²) in [5.74, 6) is -0.258. The Morgan fingerprint density at radius 3 is 2.41 bits per heavy atom. The summed E-state index contributed by atoms with van der Waals surface area (Å²) in [7, 11) is 0. The average Bonchev–Trinajstić information content (AvgIpc) is 3.10. The van der Waals surface area contributed by atoms with Crippen LogP contribution in [0.2, 0.25) is 0 Å². The number of hydrogen-bond acceptors (Lipinski definition) is 2. The molecule has 3 N–H and O–H groups in total. The van der Waals surface area contributed by atoms with Crippen LogP contribution < -0.4 is 5.73 Å². The number of carboxylic acids is 1. The third-order valence-electron chi connectivity index (χ3n) is 3.70. The highest BCUT2D eigenvalue weighted by atomic mass is 16.4. The molecule has 0 heterocycles. The fraction of sp³-hybridized carbons (Fsp3) is 0.500. The predicted octanol–water partition coefficient (Wildman–Crippen LogP) is 2.08. The van der Waals surface area contributed by atoms with Gasteiger partial charge in [-0.1, -0.05) is 42.7 Å². The van der Waals surface area contributed by atoms with Gasteiger partial charge in [-0.15, -0.1) is 0 Å². The van der Waals surface area contributed by atoms with Crippen molar-refractivity contribution in [3.63, 3.8) is 0 Å². The van der Waals surface area contributed by atoms with Crippen molar-refractivity contribution in [1.29, 1.82) is 0 Å². The lowest BCUT2D eigenvalue weighted by Crippen LogP contribution is -2.43. The largest absolute Gasteiger partial charge is 0.481 e. The Morgan fingerprint density at radius 1 is 1.41 bits per heavy atom. The second-order valence-electron chi connectivity index (χ2n) is 5.10. The van der Waals surface area contributed by atoms with Crippen LogP contribution in [0.5, 0.6) is 0 Å². The number of carbonyl (C=O) groups is 1. The second-order valence-corrected chi connectivity index (χ2v) is 5.10. The first kappa shape index (κ1) is 12.1. The van der Waals surface area contributed by atoms with Gasteiger partial charge in [-0.3, -0.25) is 4.79 Å². The van der Waals surface area contributed by atoms with Crippen LogP contribution in [0.15, 0.2) is 24.3 Å². The Kier molecular flexibility index (Phi) is 3.20. The first-order chi connectivity index (χ1) is 8.08. The maximum Gasteiger partial charge on any atom is 0.315 e. The van der Waals surface area contributed by atoms with Gasteiger partial charge in [0, 0.05) is 6.54 Å². The smallest absolute Gasteiger partial charge is 0.315 e. The van der Waals surface area contributed by atoms with Crippen LogP contribution in [0.1, 0.15) is 30.4 Å². The van der Waals surface area contributed by atoms with E-state index in [0.717, 1.165) is 24.0 Å². The van der Waals surface area contributed by atoms with Crippen LogP contribution in [0, 0.1) is 12.8 Å². The first-order valence-corrected chi connectivity index (χ1v) is 6.09. The monoisotopic (exact) mass is 233 g/mol. The minimum absolute atomic E-state index is 0.169. The molecule has 1 atom stereocenters. The number of hydrogen-bond donors (Lipinski definition) is 2. The van der Waals surface area contributed by atoms with Crippen molar-refractivity contribution in [3.8, 4) is 0 Å². The molecular weight excluding hydrogens is 214 g/mol. The molecule has 1 fully saturated rings. The van der Waals surface area contributed by atoms with E-state index in [2.05, 4.69) is 0 Å². The van der Waals surface area contributed by atoms with Crippen LogP contribution in [0.25, 0.3) is 0 Å². The normalized spacial score (nSPS) is 18.7. The maximum atomic E-state index is 11.6. The fourth-order valence-electron chi connectivity index (χ4n) is 2.30. The summed E-state index contributed by atoms with van der Waals surface area (Å²) in [6.45, 7) is 2.16. The molecule has 0 spiro atoms. The topological polar surface area (TPSA) is 63.3 Å². The number of rotatable bonds is 5. The lowest BCUT2D eigenvalue weighted by atomic mass is 9.76. The predicted molar refractivity (Wildman–Crippen MR) is 66.9 cm³/mol. The lowest BCUT2D eigenvalue weighted by Gasteiger charge is -2.28. The van der Waals surface area contributed by atoms with E-state index in [1.807, 2.05) is 31.2 Å². The van der Waals surface area contributed by atoms with Crippen molar-refractivity contribution < 1.29 is 9.90 Å². The quantitative estimate of drug-likeness (QED) is 0.818. The minimum Gasteiger partial charge on any atom is -0.481 e. The Balaban J connectivity index is 2.36. The van der Waals surface area contributed by atoms with E-state index in [1.54, 1.807) is 0 Å². The van der Waals surface area contributed by atoms with Crippen molar-refractivity contribution >= 4 is 5.97 Å². The molecule has 0 amide bonds. The molecular formula is C14H19NO2. The molecule has 3 nitrogen and oxygen atoms in total. The Bertz CT molecular complexity index is 409. The molecule has 1 saturated carbocycles. The van der Waals surface area contributed by atoms with Gasteiger partial charge >= 0.3 is 5.97 Å². The van der Waals surface area contributed by atoms with Crippen LogP contribution in [0.3, 0.4) is 0 Å². The van der Waals surface area contributed by atoms with E-state index < -0.39 is 11.4 Å². The van der Waals surface area contributed by atoms with Crippen molar-refractivity contribution in [2.45, 2.75) is 31.6 Å². The van der Waals surface area contributed by atoms with E-state index in [9.17, 15) is 9.90 Å². The summed E-state index contributed by atoms with van der Waals surface area (Å²) < 4.78 is 0. The third kappa shape index (κ3) is 2.34. The summed E-state index contributed by atoms with van der Waals surface area (Å²) in [5, 5.41) is 9.54. The standard InChI is InChI=1S/C14H19NO2/c1-10-2-6-12(7-3-10)14(9-15,13(16)17)8-11-4-5-11/h2-3,6-7,11H,4-5,8-9,15H2,1H3,(H,16,17). The average molecular weight is 233 g/mol. The number of benzene rings is 1. The molecule has 0 saturated heterocycles. The minimum atomic E-state index is -0.894. The number of nitrogens with two attached hydrogens (primary N) is 1. The van der Waals surface area contributed by atoms with E-state index in [1.165, 1.54) is 0 Å². The van der Waals surface area contributed by atoms with Gasteiger partial charge in [0.2, 0.25) is 0 Å². The van der Waals surface area contributed by atoms with Gasteiger partial charge in [-0.2, -0.15) is 0 Å². The van der Waals surface area contributed by atoms with Crippen LogP contribution in [-0.4, -0.2) is 17.6 Å². The van der Waals surface area contributed by atoms with E-state index in [-0.39, 0.29) is 6.54 Å². The molecule has 0 aromatic heterocycles. The molecule has 1 aliphatic carbocycles. The summed E-state index contributed by atoms with van der Waals surface area (Å²) in [4.78, 5) is 11.6. The van der Waals surface area contributed by atoms with Gasteiger partial charge in [-0.25, -0.2) is 0 Å². The molecule has 0 bridgehead atoms. The summed E-state index contributed by atoms with van der Waals surface area (Å²) in [6, 6.07) is 7.71. The fourth-order valence-corrected chi connectivity index (χ4v) is 2.30. The zero-order chi connectivity index (χ0) is 12.5. The van der Waals surface area contributed by atoms with Crippen LogP contribution in [0.4, 0.5) is 0 Å². The van der Waals surface area contributed by atoms with Crippen molar-refractivity contribution in [3.05, 3.63) is 35.4 Å². The number of aliphatic carboxylic acids is 1. The second kappa shape index (κ2) is 4.49. The van der Waals surface area contributed by atoms with Gasteiger partial charge in [0.15, 0.2) is 0 Å². The molecule has 92 valence electrons. The van der Waals surface area contributed by atoms with Gasteiger partial charge in [0.05, 0.1) is 0 Å². The highest BCUT2D eigenvalue weighted by Gasteiger charge is 2.43. The first-order valence-electron chi connectivity index (χ1n) is 6.09. The van der Waals surface area contributed by atoms with E-state index in [4.69, 9.17) is 5.73 Å². The van der Waals surface area contributed by atoms with E-state index >= 15 is 0 Å². The highest BCUT2D eigenvalue weighted by Crippen LogP contribution is 2.42. The molecule has 3 heteroatoms. The highest BCUT2D eigenvalue weighted by molar-refractivity contribution is 5.82. The van der Waals surface area contributed by atoms with Crippen molar-refractivity contribution in [2.24, 2.45) is 11.7 Å². The Labute approximate surface area is 102 Å². The van der Waals surface area contributed by atoms with Gasteiger partial charge in [-0.05, 0) is 24.8 Å². The van der Waals surface area contributed by atoms with E-state index in [0.29, 0.717) is 12.3 Å². The molecule has 1 aromatic rings. The lowest BCUT2D eigenvalue weighted by molar-refractivity contribution is -0.144. The number of aryl methyl sites for hydroxylation is 1. The summed E-state index contributed by atoms with van der Waals surface area (Å²) in [6.07, 6.45) is 2.95. The molecule has 2 rings (SSSR count). The van der Waals surface area contributed by atoms with Gasteiger partial charge in [0.25, 0.3) is 0 Å². The number of carboxylic acid groups (broad SMARTS) is 1. The maximum absolute atomic E-state index is 11.6. The molecule has 1 aromatic carbocycles. The van der Waals surface area contributed by atoms with Gasteiger partial charge < -0.3 is 10.8 Å². The zero-order valence-corrected chi connectivity index (χ0v) is 10.1. The van der Waals surface area contributed by atoms with Crippen LogP contribution in [-0.2, 0) is 10.2 Å². The van der Waals surface area contributed by atoms with Crippen LogP contribution >= 0.6 is 0 Å². The van der Waals surface area contributed by atoms with Gasteiger partial charge in [0.1, 0.15) is 5.41 Å². The summed E-state index contributed by atoms with van der Waals surface area (Å²) >= 11 is 0. The Morgan fingerprint density at radius 2 is 2.00 bits per heavy atom. The third-order valence-corrected chi connectivity index (χ3v) is 3.70. The molecule has 0 radical (unpaired) electrons. The molecule has 1 unspecified atom stereocenters. The SMILES string of the molecule is Cc1ccc(C(CN)(CC2CC2)C(=O)O)cc1. The Hall–Kier alpha value is -1.35. The van der Waals surface area contributed by atoms with Crippen molar-refractivity contribution in [2.75, 3.05) is 6.54 Å². The van der Waals surface area contributed by atoms with Crippen molar-refractivity contribution in [1.82, 2.24) is 0 Å². The molecule has 0 aliphatic heterocycles. The molecule has 17 heavy (non-hydrogen) atoms.